The Labute approximate surface area is 148 Å². The molecule has 2 amide bonds. The number of benzene rings is 1. The number of nitrogens with zero attached hydrogens (tertiary/aromatic N) is 4. The molecular formula is C20H24N4O. The molecule has 2 aliphatic heterocycles. The van der Waals surface area contributed by atoms with Gasteiger partial charge in [0.15, 0.2) is 0 Å². The summed E-state index contributed by atoms with van der Waals surface area (Å²) in [5, 5.41) is 0. The van der Waals surface area contributed by atoms with Crippen LogP contribution in [0.25, 0.3) is 0 Å². The molecule has 0 saturated carbocycles. The van der Waals surface area contributed by atoms with Gasteiger partial charge in [-0.05, 0) is 30.2 Å². The topological polar surface area (TPSA) is 39.7 Å². The Morgan fingerprint density at radius 3 is 2.68 bits per heavy atom. The van der Waals surface area contributed by atoms with Crippen LogP contribution in [0.2, 0.25) is 0 Å². The molecule has 5 nitrogen and oxygen atoms in total. The van der Waals surface area contributed by atoms with Crippen molar-refractivity contribution in [1.29, 1.82) is 0 Å². The predicted molar refractivity (Wildman–Crippen MR) is 97.0 cm³/mol. The molecule has 0 bridgehead atoms. The molecule has 1 atom stereocenters. The van der Waals surface area contributed by atoms with Crippen LogP contribution in [-0.2, 0) is 13.1 Å². The second-order valence-electron chi connectivity index (χ2n) is 6.99. The first-order valence-corrected chi connectivity index (χ1v) is 8.93. The van der Waals surface area contributed by atoms with Gasteiger partial charge in [0, 0.05) is 38.9 Å². The van der Waals surface area contributed by atoms with Gasteiger partial charge in [0.25, 0.3) is 0 Å². The van der Waals surface area contributed by atoms with Gasteiger partial charge in [-0.25, -0.2) is 4.79 Å². The maximum absolute atomic E-state index is 12.7. The Hall–Kier alpha value is -2.40. The van der Waals surface area contributed by atoms with Crippen molar-refractivity contribution in [3.8, 4) is 0 Å². The summed E-state index contributed by atoms with van der Waals surface area (Å²) in [6.07, 6.45) is 1.78. The van der Waals surface area contributed by atoms with E-state index in [1.807, 2.05) is 28.0 Å². The minimum atomic E-state index is 0.159. The van der Waals surface area contributed by atoms with Gasteiger partial charge in [0.2, 0.25) is 0 Å². The third-order valence-corrected chi connectivity index (χ3v) is 5.25. The van der Waals surface area contributed by atoms with Gasteiger partial charge in [0.1, 0.15) is 0 Å². The number of carbonyl (C=O) groups excluding carboxylic acids is 1. The molecule has 2 aromatic rings. The van der Waals surface area contributed by atoms with Gasteiger partial charge >= 0.3 is 6.03 Å². The summed E-state index contributed by atoms with van der Waals surface area (Å²) in [6, 6.07) is 14.9. The lowest BCUT2D eigenvalue weighted by atomic mass is 10.1. The zero-order chi connectivity index (χ0) is 17.2. The molecule has 2 saturated heterocycles. The fourth-order valence-electron chi connectivity index (χ4n) is 3.83. The average molecular weight is 336 g/mol. The molecule has 1 aromatic carbocycles. The van der Waals surface area contributed by atoms with E-state index in [-0.39, 0.29) is 12.1 Å². The highest BCUT2D eigenvalue weighted by Crippen LogP contribution is 2.23. The summed E-state index contributed by atoms with van der Waals surface area (Å²) in [7, 11) is 0. The first-order valence-electron chi connectivity index (χ1n) is 8.93. The van der Waals surface area contributed by atoms with E-state index >= 15 is 0 Å². The molecule has 2 fully saturated rings. The van der Waals surface area contributed by atoms with Crippen molar-refractivity contribution in [3.63, 3.8) is 0 Å². The number of pyridine rings is 1. The summed E-state index contributed by atoms with van der Waals surface area (Å²) in [5.41, 5.74) is 3.67. The molecule has 25 heavy (non-hydrogen) atoms. The SMILES string of the molecule is Cc1ccccc1CN1CCN2C(=O)N(Cc3ccccn3)CC2C1. The number of hydrogen-bond acceptors (Lipinski definition) is 3. The van der Waals surface area contributed by atoms with Crippen LogP contribution in [0.15, 0.2) is 48.7 Å². The Morgan fingerprint density at radius 1 is 1.04 bits per heavy atom. The molecule has 4 rings (SSSR count). The van der Waals surface area contributed by atoms with E-state index in [1.165, 1.54) is 11.1 Å². The Kier molecular flexibility index (Phi) is 4.40. The number of aryl methyl sites for hydroxylation is 1. The second-order valence-corrected chi connectivity index (χ2v) is 6.99. The van der Waals surface area contributed by atoms with Crippen molar-refractivity contribution in [2.45, 2.75) is 26.1 Å². The van der Waals surface area contributed by atoms with Crippen molar-refractivity contribution in [2.75, 3.05) is 26.2 Å². The molecule has 0 radical (unpaired) electrons. The smallest absolute Gasteiger partial charge is 0.317 e. The van der Waals surface area contributed by atoms with Crippen LogP contribution in [0, 0.1) is 6.92 Å². The van der Waals surface area contributed by atoms with E-state index in [4.69, 9.17) is 0 Å². The first-order chi connectivity index (χ1) is 12.2. The lowest BCUT2D eigenvalue weighted by Gasteiger charge is -2.36. The maximum atomic E-state index is 12.7. The van der Waals surface area contributed by atoms with Crippen molar-refractivity contribution in [3.05, 3.63) is 65.5 Å². The van der Waals surface area contributed by atoms with E-state index in [9.17, 15) is 4.79 Å². The average Bonchev–Trinajstić information content (AvgIpc) is 2.93. The summed E-state index contributed by atoms with van der Waals surface area (Å²) >= 11 is 0. The number of hydrogen-bond donors (Lipinski definition) is 0. The fourth-order valence-corrected chi connectivity index (χ4v) is 3.83. The van der Waals surface area contributed by atoms with E-state index in [1.54, 1.807) is 6.20 Å². The molecule has 3 heterocycles. The Balaban J connectivity index is 1.40. The highest BCUT2D eigenvalue weighted by atomic mass is 16.2. The van der Waals surface area contributed by atoms with Crippen LogP contribution >= 0.6 is 0 Å². The summed E-state index contributed by atoms with van der Waals surface area (Å²) in [5.74, 6) is 0. The normalized spacial score (nSPS) is 20.8. The number of piperazine rings is 1. The van der Waals surface area contributed by atoms with Gasteiger partial charge in [-0.1, -0.05) is 30.3 Å². The van der Waals surface area contributed by atoms with E-state index in [0.717, 1.165) is 38.4 Å². The van der Waals surface area contributed by atoms with Gasteiger partial charge in [-0.3, -0.25) is 9.88 Å². The standard InChI is InChI=1S/C20H24N4O/c1-16-6-2-3-7-17(16)12-22-10-11-24-19(14-22)15-23(20(24)25)13-18-8-4-5-9-21-18/h2-9,19H,10-15H2,1H3. The number of rotatable bonds is 4. The molecule has 2 aliphatic rings. The van der Waals surface area contributed by atoms with Crippen molar-refractivity contribution < 1.29 is 4.79 Å². The lowest BCUT2D eigenvalue weighted by molar-refractivity contribution is 0.116. The molecule has 0 spiro atoms. The molecule has 130 valence electrons. The highest BCUT2D eigenvalue weighted by Gasteiger charge is 2.40. The molecule has 0 N–H and O–H groups in total. The van der Waals surface area contributed by atoms with E-state index in [2.05, 4.69) is 41.1 Å². The van der Waals surface area contributed by atoms with Crippen LogP contribution in [-0.4, -0.2) is 57.9 Å². The van der Waals surface area contributed by atoms with Gasteiger partial charge < -0.3 is 9.80 Å². The number of amides is 2. The van der Waals surface area contributed by atoms with Crippen LogP contribution in [0.4, 0.5) is 4.79 Å². The third-order valence-electron chi connectivity index (χ3n) is 5.25. The van der Waals surface area contributed by atoms with Crippen LogP contribution in [0.5, 0.6) is 0 Å². The highest BCUT2D eigenvalue weighted by molar-refractivity contribution is 5.77. The van der Waals surface area contributed by atoms with E-state index < -0.39 is 0 Å². The van der Waals surface area contributed by atoms with Crippen LogP contribution < -0.4 is 0 Å². The Bertz CT molecular complexity index is 748. The molecule has 0 aliphatic carbocycles. The van der Waals surface area contributed by atoms with Gasteiger partial charge in [0.05, 0.1) is 18.3 Å². The van der Waals surface area contributed by atoms with Crippen molar-refractivity contribution in [2.24, 2.45) is 0 Å². The molecule has 1 aromatic heterocycles. The summed E-state index contributed by atoms with van der Waals surface area (Å²) < 4.78 is 0. The van der Waals surface area contributed by atoms with Crippen LogP contribution in [0.3, 0.4) is 0 Å². The largest absolute Gasteiger partial charge is 0.320 e. The van der Waals surface area contributed by atoms with Gasteiger partial charge in [-0.2, -0.15) is 0 Å². The fraction of sp³-hybridized carbons (Fsp3) is 0.400. The second kappa shape index (κ2) is 6.84. The van der Waals surface area contributed by atoms with E-state index in [0.29, 0.717) is 6.54 Å². The molecule has 1 unspecified atom stereocenters. The first kappa shape index (κ1) is 16.1. The quantitative estimate of drug-likeness (QED) is 0.861. The zero-order valence-electron chi connectivity index (χ0n) is 14.6. The molecule has 5 heteroatoms. The maximum Gasteiger partial charge on any atom is 0.320 e. The van der Waals surface area contributed by atoms with Crippen molar-refractivity contribution in [1.82, 2.24) is 19.7 Å². The predicted octanol–water partition coefficient (Wildman–Crippen LogP) is 2.51. The van der Waals surface area contributed by atoms with Gasteiger partial charge in [-0.15, -0.1) is 0 Å². The third kappa shape index (κ3) is 3.37. The monoisotopic (exact) mass is 336 g/mol. The van der Waals surface area contributed by atoms with Crippen molar-refractivity contribution >= 4 is 6.03 Å². The number of urea groups is 1. The molecular weight excluding hydrogens is 312 g/mol. The summed E-state index contributed by atoms with van der Waals surface area (Å²) in [4.78, 5) is 23.5. The number of carbonyl (C=O) groups is 1. The number of aromatic nitrogens is 1. The summed E-state index contributed by atoms with van der Waals surface area (Å²) in [6.45, 7) is 7.22. The lowest BCUT2D eigenvalue weighted by Crippen LogP contribution is -2.51. The van der Waals surface area contributed by atoms with Crippen LogP contribution in [0.1, 0.15) is 16.8 Å². The zero-order valence-corrected chi connectivity index (χ0v) is 14.6. The Morgan fingerprint density at radius 2 is 1.88 bits per heavy atom. The minimum Gasteiger partial charge on any atom is -0.317 e. The minimum absolute atomic E-state index is 0.159. The number of fused-ring (bicyclic) bond motifs is 1.